The van der Waals surface area contributed by atoms with E-state index in [1.165, 1.54) is 12.0 Å². The van der Waals surface area contributed by atoms with Crippen molar-refractivity contribution < 1.29 is 14.7 Å². The van der Waals surface area contributed by atoms with Gasteiger partial charge in [-0.3, -0.25) is 9.59 Å². The highest BCUT2D eigenvalue weighted by molar-refractivity contribution is 5.78. The Kier molecular flexibility index (Phi) is 5.77. The fraction of sp³-hybridized carbons (Fsp3) is 0.619. The van der Waals surface area contributed by atoms with Gasteiger partial charge in [0.1, 0.15) is 0 Å². The van der Waals surface area contributed by atoms with Gasteiger partial charge in [0.05, 0.1) is 0 Å². The molecule has 4 atom stereocenters. The molecule has 4 heteroatoms. The molecule has 1 saturated carbocycles. The molecule has 0 aromatic heterocycles. The predicted octanol–water partition coefficient (Wildman–Crippen LogP) is 4.09. The first kappa shape index (κ1) is 18.0. The van der Waals surface area contributed by atoms with Gasteiger partial charge in [-0.05, 0) is 55.4 Å². The van der Waals surface area contributed by atoms with Gasteiger partial charge in [-0.25, -0.2) is 0 Å². The molecule has 1 heterocycles. The highest BCUT2D eigenvalue weighted by Crippen LogP contribution is 2.39. The number of aliphatic carboxylic acids is 1. The summed E-state index contributed by atoms with van der Waals surface area (Å²) in [6.45, 7) is 2.94. The van der Waals surface area contributed by atoms with Crippen LogP contribution in [0.5, 0.6) is 0 Å². The van der Waals surface area contributed by atoms with Crippen LogP contribution in [0.2, 0.25) is 0 Å². The highest BCUT2D eigenvalue weighted by atomic mass is 16.4. The van der Waals surface area contributed by atoms with Crippen LogP contribution in [0.15, 0.2) is 30.3 Å². The molecule has 4 unspecified atom stereocenters. The standard InChI is InChI=1S/C21H29NO3/c1-15-9-17(11-18(10-15)13-21(24)25)12-19-7-8-20(23)22(19)14-16-5-3-2-4-6-16/h2-6,15,17-19H,7-14H2,1H3,(H,24,25). The minimum Gasteiger partial charge on any atom is -0.481 e. The summed E-state index contributed by atoms with van der Waals surface area (Å²) in [4.78, 5) is 25.5. The summed E-state index contributed by atoms with van der Waals surface area (Å²) in [6, 6.07) is 10.5. The third-order valence-corrected chi connectivity index (χ3v) is 5.86. The molecule has 136 valence electrons. The molecule has 1 amide bonds. The van der Waals surface area contributed by atoms with E-state index in [1.54, 1.807) is 0 Å². The fourth-order valence-corrected chi connectivity index (χ4v) is 4.92. The zero-order valence-corrected chi connectivity index (χ0v) is 15.1. The summed E-state index contributed by atoms with van der Waals surface area (Å²) in [6.07, 6.45) is 6.11. The fourth-order valence-electron chi connectivity index (χ4n) is 4.92. The number of carboxylic acids is 1. The quantitative estimate of drug-likeness (QED) is 0.846. The van der Waals surface area contributed by atoms with Crippen molar-refractivity contribution >= 4 is 11.9 Å². The second-order valence-electron chi connectivity index (χ2n) is 8.08. The Bertz CT molecular complexity index is 600. The first-order chi connectivity index (χ1) is 12.0. The number of nitrogens with zero attached hydrogens (tertiary/aromatic N) is 1. The summed E-state index contributed by atoms with van der Waals surface area (Å²) in [5.41, 5.74) is 1.18. The Balaban J connectivity index is 1.62. The van der Waals surface area contributed by atoms with Crippen LogP contribution >= 0.6 is 0 Å². The first-order valence-electron chi connectivity index (χ1n) is 9.56. The number of likely N-dealkylation sites (tertiary alicyclic amines) is 1. The Morgan fingerprint density at radius 3 is 2.60 bits per heavy atom. The molecule has 1 N–H and O–H groups in total. The number of carbonyl (C=O) groups is 2. The smallest absolute Gasteiger partial charge is 0.303 e. The zero-order valence-electron chi connectivity index (χ0n) is 15.1. The molecule has 25 heavy (non-hydrogen) atoms. The van der Waals surface area contributed by atoms with Crippen LogP contribution in [0.3, 0.4) is 0 Å². The lowest BCUT2D eigenvalue weighted by atomic mass is 9.72. The number of carbonyl (C=O) groups excluding carboxylic acids is 1. The topological polar surface area (TPSA) is 57.6 Å². The van der Waals surface area contributed by atoms with Crippen LogP contribution in [0.4, 0.5) is 0 Å². The summed E-state index contributed by atoms with van der Waals surface area (Å²) < 4.78 is 0. The second-order valence-corrected chi connectivity index (χ2v) is 8.08. The summed E-state index contributed by atoms with van der Waals surface area (Å²) in [5.74, 6) is 1.01. The molecule has 2 aliphatic rings. The van der Waals surface area contributed by atoms with E-state index in [4.69, 9.17) is 5.11 Å². The Morgan fingerprint density at radius 1 is 1.16 bits per heavy atom. The lowest BCUT2D eigenvalue weighted by Gasteiger charge is -2.36. The molecule has 1 aromatic rings. The van der Waals surface area contributed by atoms with Crippen molar-refractivity contribution in [3.05, 3.63) is 35.9 Å². The van der Waals surface area contributed by atoms with Gasteiger partial charge in [-0.1, -0.05) is 37.3 Å². The minimum atomic E-state index is -0.681. The maximum atomic E-state index is 12.4. The minimum absolute atomic E-state index is 0.264. The number of carboxylic acid groups (broad SMARTS) is 1. The molecule has 1 aromatic carbocycles. The second kappa shape index (κ2) is 8.03. The lowest BCUT2D eigenvalue weighted by molar-refractivity contribution is -0.138. The first-order valence-corrected chi connectivity index (χ1v) is 9.56. The maximum absolute atomic E-state index is 12.4. The molecule has 0 spiro atoms. The van der Waals surface area contributed by atoms with E-state index in [0.29, 0.717) is 36.8 Å². The lowest BCUT2D eigenvalue weighted by Crippen LogP contribution is -2.35. The molecule has 3 rings (SSSR count). The molecule has 2 fully saturated rings. The largest absolute Gasteiger partial charge is 0.481 e. The van der Waals surface area contributed by atoms with Crippen molar-refractivity contribution in [2.45, 2.75) is 64.5 Å². The van der Waals surface area contributed by atoms with E-state index in [-0.39, 0.29) is 12.3 Å². The Morgan fingerprint density at radius 2 is 1.88 bits per heavy atom. The predicted molar refractivity (Wildman–Crippen MR) is 96.9 cm³/mol. The van der Waals surface area contributed by atoms with Gasteiger partial charge in [0.2, 0.25) is 5.91 Å². The Labute approximate surface area is 150 Å². The van der Waals surface area contributed by atoms with E-state index >= 15 is 0 Å². The van der Waals surface area contributed by atoms with Crippen molar-refractivity contribution in [1.29, 1.82) is 0 Å². The molecule has 0 radical (unpaired) electrons. The maximum Gasteiger partial charge on any atom is 0.303 e. The summed E-state index contributed by atoms with van der Waals surface area (Å²) in [5, 5.41) is 9.11. The highest BCUT2D eigenvalue weighted by Gasteiger charge is 2.35. The van der Waals surface area contributed by atoms with E-state index in [2.05, 4.69) is 24.0 Å². The number of benzene rings is 1. The number of amides is 1. The van der Waals surface area contributed by atoms with Gasteiger partial charge in [0.15, 0.2) is 0 Å². The third-order valence-electron chi connectivity index (χ3n) is 5.86. The van der Waals surface area contributed by atoms with Gasteiger partial charge in [0, 0.05) is 25.4 Å². The average molecular weight is 343 g/mol. The Hall–Kier alpha value is -1.84. The number of rotatable bonds is 6. The van der Waals surface area contributed by atoms with E-state index in [1.807, 2.05) is 18.2 Å². The van der Waals surface area contributed by atoms with Gasteiger partial charge < -0.3 is 10.0 Å². The van der Waals surface area contributed by atoms with Gasteiger partial charge in [0.25, 0.3) is 0 Å². The van der Waals surface area contributed by atoms with Crippen LogP contribution in [0.1, 0.15) is 57.4 Å². The van der Waals surface area contributed by atoms with Crippen molar-refractivity contribution in [2.24, 2.45) is 17.8 Å². The molecule has 0 bridgehead atoms. The zero-order chi connectivity index (χ0) is 17.8. The SMILES string of the molecule is CC1CC(CC(=O)O)CC(CC2CCC(=O)N2Cc2ccccc2)C1. The molecule has 1 saturated heterocycles. The number of hydrogen-bond donors (Lipinski definition) is 1. The van der Waals surface area contributed by atoms with Crippen LogP contribution in [-0.2, 0) is 16.1 Å². The summed E-state index contributed by atoms with van der Waals surface area (Å²) in [7, 11) is 0. The monoisotopic (exact) mass is 343 g/mol. The molecule has 1 aliphatic carbocycles. The molecular weight excluding hydrogens is 314 g/mol. The van der Waals surface area contributed by atoms with Crippen molar-refractivity contribution in [2.75, 3.05) is 0 Å². The molecule has 1 aliphatic heterocycles. The van der Waals surface area contributed by atoms with Crippen LogP contribution in [0.25, 0.3) is 0 Å². The molecular formula is C21H29NO3. The van der Waals surface area contributed by atoms with E-state index in [0.717, 1.165) is 25.7 Å². The van der Waals surface area contributed by atoms with Crippen molar-refractivity contribution in [3.8, 4) is 0 Å². The van der Waals surface area contributed by atoms with Gasteiger partial charge >= 0.3 is 5.97 Å². The third kappa shape index (κ3) is 4.83. The number of hydrogen-bond acceptors (Lipinski definition) is 2. The van der Waals surface area contributed by atoms with Crippen LogP contribution < -0.4 is 0 Å². The summed E-state index contributed by atoms with van der Waals surface area (Å²) >= 11 is 0. The molecule has 4 nitrogen and oxygen atoms in total. The van der Waals surface area contributed by atoms with Crippen molar-refractivity contribution in [3.63, 3.8) is 0 Å². The average Bonchev–Trinajstić information content (AvgIpc) is 2.88. The van der Waals surface area contributed by atoms with E-state index < -0.39 is 5.97 Å². The van der Waals surface area contributed by atoms with Crippen LogP contribution in [-0.4, -0.2) is 27.9 Å². The normalized spacial score (nSPS) is 29.8. The van der Waals surface area contributed by atoms with Gasteiger partial charge in [-0.15, -0.1) is 0 Å². The van der Waals surface area contributed by atoms with Gasteiger partial charge in [-0.2, -0.15) is 0 Å². The van der Waals surface area contributed by atoms with E-state index in [9.17, 15) is 9.59 Å². The van der Waals surface area contributed by atoms with Crippen LogP contribution in [0, 0.1) is 17.8 Å². The van der Waals surface area contributed by atoms with Crippen molar-refractivity contribution in [1.82, 2.24) is 4.90 Å².